The lowest BCUT2D eigenvalue weighted by molar-refractivity contribution is -0.136. The number of rotatable bonds is 3. The van der Waals surface area contributed by atoms with Gasteiger partial charge in [-0.25, -0.2) is 0 Å². The van der Waals surface area contributed by atoms with Crippen molar-refractivity contribution in [1.82, 2.24) is 4.98 Å². The van der Waals surface area contributed by atoms with Crippen molar-refractivity contribution in [2.45, 2.75) is 12.8 Å². The molecule has 0 fully saturated rings. The van der Waals surface area contributed by atoms with Gasteiger partial charge in [0.2, 0.25) is 0 Å². The summed E-state index contributed by atoms with van der Waals surface area (Å²) in [5.74, 6) is -0.814. The van der Waals surface area contributed by atoms with Crippen LogP contribution in [-0.2, 0) is 11.2 Å². The highest BCUT2D eigenvalue weighted by molar-refractivity contribution is 5.85. The van der Waals surface area contributed by atoms with E-state index in [2.05, 4.69) is 11.1 Å². The highest BCUT2D eigenvalue weighted by Crippen LogP contribution is 2.20. The summed E-state index contributed by atoms with van der Waals surface area (Å²) in [6, 6.07) is 7.42. The topological polar surface area (TPSA) is 76.9 Å². The maximum atomic E-state index is 10.5. The Kier molecular flexibility index (Phi) is 2.61. The summed E-state index contributed by atoms with van der Waals surface area (Å²) in [6.07, 6.45) is 2.38. The summed E-state index contributed by atoms with van der Waals surface area (Å²) in [5, 5.41) is 18.3. The molecule has 0 aliphatic carbocycles. The van der Waals surface area contributed by atoms with Gasteiger partial charge < -0.3 is 10.1 Å². The molecule has 0 aliphatic rings. The smallest absolute Gasteiger partial charge is 0.303 e. The molecule has 2 aromatic rings. The number of carboxylic acid groups (broad SMARTS) is 1. The van der Waals surface area contributed by atoms with Gasteiger partial charge in [0, 0.05) is 23.5 Å². The molecule has 0 spiro atoms. The van der Waals surface area contributed by atoms with Gasteiger partial charge in [-0.05, 0) is 30.2 Å². The first kappa shape index (κ1) is 10.2. The number of carboxylic acids is 1. The Morgan fingerprint density at radius 3 is 3.00 bits per heavy atom. The van der Waals surface area contributed by atoms with E-state index in [0.717, 1.165) is 16.5 Å². The molecule has 2 rings (SSSR count). The van der Waals surface area contributed by atoms with Gasteiger partial charge in [-0.2, -0.15) is 5.26 Å². The zero-order chi connectivity index (χ0) is 11.5. The summed E-state index contributed by atoms with van der Waals surface area (Å²) in [5.41, 5.74) is 2.46. The summed E-state index contributed by atoms with van der Waals surface area (Å²) in [7, 11) is 0. The lowest BCUT2D eigenvalue weighted by atomic mass is 10.1. The molecule has 0 aliphatic heterocycles. The first-order chi connectivity index (χ1) is 7.70. The summed E-state index contributed by atoms with van der Waals surface area (Å²) in [4.78, 5) is 13.6. The van der Waals surface area contributed by atoms with E-state index in [9.17, 15) is 4.79 Å². The van der Waals surface area contributed by atoms with Crippen molar-refractivity contribution in [2.24, 2.45) is 0 Å². The van der Waals surface area contributed by atoms with E-state index in [1.165, 1.54) is 0 Å². The number of aryl methyl sites for hydroxylation is 1. The third-order valence-electron chi connectivity index (χ3n) is 2.50. The van der Waals surface area contributed by atoms with E-state index >= 15 is 0 Å². The SMILES string of the molecule is N#Cc1ccc2[nH]cc(CCC(=O)O)c2c1. The van der Waals surface area contributed by atoms with Gasteiger partial charge in [0.1, 0.15) is 0 Å². The molecule has 80 valence electrons. The number of hydrogen-bond acceptors (Lipinski definition) is 2. The van der Waals surface area contributed by atoms with Gasteiger partial charge in [0.15, 0.2) is 0 Å². The van der Waals surface area contributed by atoms with Crippen molar-refractivity contribution in [3.05, 3.63) is 35.5 Å². The molecule has 1 aromatic carbocycles. The van der Waals surface area contributed by atoms with Crippen LogP contribution in [0.4, 0.5) is 0 Å². The molecule has 0 saturated carbocycles. The van der Waals surface area contributed by atoms with Crippen LogP contribution in [0, 0.1) is 11.3 Å². The van der Waals surface area contributed by atoms with Crippen molar-refractivity contribution in [1.29, 1.82) is 5.26 Å². The Morgan fingerprint density at radius 2 is 2.31 bits per heavy atom. The number of H-pyrrole nitrogens is 1. The fraction of sp³-hybridized carbons (Fsp3) is 0.167. The van der Waals surface area contributed by atoms with Crippen LogP contribution in [0.15, 0.2) is 24.4 Å². The van der Waals surface area contributed by atoms with Crippen LogP contribution >= 0.6 is 0 Å². The van der Waals surface area contributed by atoms with Crippen molar-refractivity contribution < 1.29 is 9.90 Å². The average molecular weight is 214 g/mol. The number of nitrogens with one attached hydrogen (secondary N) is 1. The van der Waals surface area contributed by atoms with Crippen LogP contribution < -0.4 is 0 Å². The third kappa shape index (κ3) is 1.89. The van der Waals surface area contributed by atoms with Crippen molar-refractivity contribution in [3.63, 3.8) is 0 Å². The van der Waals surface area contributed by atoms with E-state index in [4.69, 9.17) is 10.4 Å². The Labute approximate surface area is 92.1 Å². The van der Waals surface area contributed by atoms with E-state index in [1.54, 1.807) is 18.3 Å². The van der Waals surface area contributed by atoms with Gasteiger partial charge in [-0.1, -0.05) is 0 Å². The first-order valence-electron chi connectivity index (χ1n) is 4.92. The molecule has 0 unspecified atom stereocenters. The van der Waals surface area contributed by atoms with E-state index < -0.39 is 5.97 Å². The monoisotopic (exact) mass is 214 g/mol. The minimum absolute atomic E-state index is 0.101. The molecule has 1 aromatic heterocycles. The van der Waals surface area contributed by atoms with Gasteiger partial charge >= 0.3 is 5.97 Å². The predicted molar refractivity (Wildman–Crippen MR) is 59.0 cm³/mol. The Hall–Kier alpha value is -2.28. The summed E-state index contributed by atoms with van der Waals surface area (Å²) >= 11 is 0. The van der Waals surface area contributed by atoms with Crippen molar-refractivity contribution in [3.8, 4) is 6.07 Å². The molecule has 0 radical (unpaired) electrons. The molecule has 4 heteroatoms. The number of benzene rings is 1. The van der Waals surface area contributed by atoms with Gasteiger partial charge in [0.25, 0.3) is 0 Å². The molecule has 0 atom stereocenters. The van der Waals surface area contributed by atoms with Gasteiger partial charge in [-0.15, -0.1) is 0 Å². The van der Waals surface area contributed by atoms with Crippen LogP contribution in [-0.4, -0.2) is 16.1 Å². The van der Waals surface area contributed by atoms with E-state index in [1.807, 2.05) is 6.07 Å². The highest BCUT2D eigenvalue weighted by atomic mass is 16.4. The third-order valence-corrected chi connectivity index (χ3v) is 2.50. The molecule has 1 heterocycles. The van der Waals surface area contributed by atoms with E-state index in [0.29, 0.717) is 12.0 Å². The molecular formula is C12H10N2O2. The van der Waals surface area contributed by atoms with Gasteiger partial charge in [-0.3, -0.25) is 4.79 Å². The predicted octanol–water partition coefficient (Wildman–Crippen LogP) is 2.06. The average Bonchev–Trinajstić information content (AvgIpc) is 2.68. The Morgan fingerprint density at radius 1 is 1.50 bits per heavy atom. The second kappa shape index (κ2) is 4.07. The maximum Gasteiger partial charge on any atom is 0.303 e. The number of aliphatic carboxylic acids is 1. The van der Waals surface area contributed by atoms with Crippen molar-refractivity contribution >= 4 is 16.9 Å². The largest absolute Gasteiger partial charge is 0.481 e. The standard InChI is InChI=1S/C12H10N2O2/c13-6-8-1-3-11-10(5-8)9(7-14-11)2-4-12(15)16/h1,3,5,7,14H,2,4H2,(H,15,16). The number of fused-ring (bicyclic) bond motifs is 1. The summed E-state index contributed by atoms with van der Waals surface area (Å²) in [6.45, 7) is 0. The fourth-order valence-corrected chi connectivity index (χ4v) is 1.70. The van der Waals surface area contributed by atoms with Crippen LogP contribution in [0.1, 0.15) is 17.5 Å². The lowest BCUT2D eigenvalue weighted by Gasteiger charge is -1.96. The number of carbonyl (C=O) groups is 1. The molecule has 4 nitrogen and oxygen atoms in total. The van der Waals surface area contributed by atoms with Crippen LogP contribution in [0.3, 0.4) is 0 Å². The Balaban J connectivity index is 2.39. The number of nitriles is 1. The molecule has 2 N–H and O–H groups in total. The minimum atomic E-state index is -0.814. The lowest BCUT2D eigenvalue weighted by Crippen LogP contribution is -1.96. The Bertz CT molecular complexity index is 578. The number of hydrogen-bond donors (Lipinski definition) is 2. The van der Waals surface area contributed by atoms with Crippen LogP contribution in [0.2, 0.25) is 0 Å². The second-order valence-corrected chi connectivity index (χ2v) is 3.58. The zero-order valence-corrected chi connectivity index (χ0v) is 8.53. The second-order valence-electron chi connectivity index (χ2n) is 3.58. The fourth-order valence-electron chi connectivity index (χ4n) is 1.70. The maximum absolute atomic E-state index is 10.5. The molecule has 0 bridgehead atoms. The number of nitrogens with zero attached hydrogens (tertiary/aromatic N) is 1. The summed E-state index contributed by atoms with van der Waals surface area (Å²) < 4.78 is 0. The first-order valence-corrected chi connectivity index (χ1v) is 4.92. The quantitative estimate of drug-likeness (QED) is 0.820. The van der Waals surface area contributed by atoms with Crippen molar-refractivity contribution in [2.75, 3.05) is 0 Å². The van der Waals surface area contributed by atoms with Gasteiger partial charge in [0.05, 0.1) is 11.6 Å². The minimum Gasteiger partial charge on any atom is -0.481 e. The van der Waals surface area contributed by atoms with E-state index in [-0.39, 0.29) is 6.42 Å². The highest BCUT2D eigenvalue weighted by Gasteiger charge is 2.06. The van der Waals surface area contributed by atoms with Crippen LogP contribution in [0.5, 0.6) is 0 Å². The number of aromatic amines is 1. The number of aromatic nitrogens is 1. The molecule has 16 heavy (non-hydrogen) atoms. The molecule has 0 saturated heterocycles. The normalized spacial score (nSPS) is 10.2. The van der Waals surface area contributed by atoms with Crippen LogP contribution in [0.25, 0.3) is 10.9 Å². The molecular weight excluding hydrogens is 204 g/mol. The zero-order valence-electron chi connectivity index (χ0n) is 8.53. The molecule has 0 amide bonds.